The molecule has 5 heteroatoms. The fourth-order valence-electron chi connectivity index (χ4n) is 1.54. The van der Waals surface area contributed by atoms with Gasteiger partial charge in [0.15, 0.2) is 5.17 Å². The van der Waals surface area contributed by atoms with Gasteiger partial charge in [0.25, 0.3) is 0 Å². The molecule has 0 aromatic heterocycles. The van der Waals surface area contributed by atoms with Crippen molar-refractivity contribution in [2.24, 2.45) is 5.73 Å². The van der Waals surface area contributed by atoms with Crippen LogP contribution in [0.1, 0.15) is 32.1 Å². The van der Waals surface area contributed by atoms with Gasteiger partial charge in [-0.15, -0.1) is 0 Å². The Kier molecular flexibility index (Phi) is 4.52. The smallest absolute Gasteiger partial charge is 0.158 e. The monoisotopic (exact) mass is 217 g/mol. The lowest BCUT2D eigenvalue weighted by atomic mass is 9.96. The van der Waals surface area contributed by atoms with Crippen molar-refractivity contribution in [1.29, 1.82) is 5.41 Å². The molecule has 4 N–H and O–H groups in total. The third-order valence-corrected chi connectivity index (χ3v) is 3.02. The molecule has 74 valence electrons. The van der Waals surface area contributed by atoms with E-state index in [2.05, 4.69) is 5.32 Å². The maximum Gasteiger partial charge on any atom is 0.158 e. The Balaban J connectivity index is 2.22. The van der Waals surface area contributed by atoms with Crippen molar-refractivity contribution in [2.45, 2.75) is 38.1 Å². The standard InChI is InChI=1S/C8H15N3S2/c9-7(10)13-8(12)11-6-4-2-1-3-5-6/h6H,1-5H2,(H3,9,10)(H,11,12). The molecule has 1 saturated carbocycles. The molecule has 1 aliphatic carbocycles. The van der Waals surface area contributed by atoms with Crippen LogP contribution >= 0.6 is 24.0 Å². The Bertz CT molecular complexity index is 200. The summed E-state index contributed by atoms with van der Waals surface area (Å²) in [6, 6.07) is 0.508. The lowest BCUT2D eigenvalue weighted by molar-refractivity contribution is 0.416. The summed E-state index contributed by atoms with van der Waals surface area (Å²) >= 11 is 6.17. The van der Waals surface area contributed by atoms with E-state index < -0.39 is 0 Å². The molecule has 0 radical (unpaired) electrons. The minimum atomic E-state index is 0.0632. The van der Waals surface area contributed by atoms with E-state index in [9.17, 15) is 0 Å². The molecule has 0 aliphatic heterocycles. The van der Waals surface area contributed by atoms with Crippen LogP contribution < -0.4 is 11.1 Å². The first-order chi connectivity index (χ1) is 6.18. The Morgan fingerprint density at radius 2 is 2.00 bits per heavy atom. The molecule has 3 nitrogen and oxygen atoms in total. The van der Waals surface area contributed by atoms with Crippen molar-refractivity contribution >= 4 is 33.5 Å². The molecule has 0 spiro atoms. The number of thioether (sulfide) groups is 1. The summed E-state index contributed by atoms with van der Waals surface area (Å²) in [6.07, 6.45) is 6.29. The van der Waals surface area contributed by atoms with Crippen LogP contribution in [0.25, 0.3) is 0 Å². The Hall–Kier alpha value is -0.290. The van der Waals surface area contributed by atoms with Gasteiger partial charge in [0.2, 0.25) is 0 Å². The first-order valence-corrected chi connectivity index (χ1v) is 5.73. The van der Waals surface area contributed by atoms with E-state index >= 15 is 0 Å². The number of nitrogens with two attached hydrogens (primary N) is 1. The molecular formula is C8H15N3S2. The molecule has 0 aromatic rings. The van der Waals surface area contributed by atoms with Crippen LogP contribution in [0.3, 0.4) is 0 Å². The molecule has 13 heavy (non-hydrogen) atoms. The maximum absolute atomic E-state index is 7.06. The molecule has 0 amide bonds. The van der Waals surface area contributed by atoms with Crippen LogP contribution in [0.15, 0.2) is 0 Å². The summed E-state index contributed by atoms with van der Waals surface area (Å²) in [5, 5.41) is 10.3. The SMILES string of the molecule is N=C(N)SC(=S)NC1CCCCC1. The van der Waals surface area contributed by atoms with E-state index in [4.69, 9.17) is 23.4 Å². The van der Waals surface area contributed by atoms with Gasteiger partial charge in [-0.05, 0) is 24.6 Å². The lowest BCUT2D eigenvalue weighted by Gasteiger charge is -2.23. The number of hydrogen-bond donors (Lipinski definition) is 3. The summed E-state index contributed by atoms with van der Waals surface area (Å²) in [6.45, 7) is 0. The van der Waals surface area contributed by atoms with Crippen LogP contribution in [0, 0.1) is 5.41 Å². The van der Waals surface area contributed by atoms with E-state index in [1.165, 1.54) is 32.1 Å². The highest BCUT2D eigenvalue weighted by Crippen LogP contribution is 2.18. The number of amidine groups is 1. The zero-order chi connectivity index (χ0) is 9.68. The van der Waals surface area contributed by atoms with Gasteiger partial charge >= 0.3 is 0 Å². The normalized spacial score (nSPS) is 18.2. The molecule has 0 saturated heterocycles. The number of nitrogens with one attached hydrogen (secondary N) is 2. The topological polar surface area (TPSA) is 61.9 Å². The van der Waals surface area contributed by atoms with Gasteiger partial charge in [-0.25, -0.2) is 0 Å². The van der Waals surface area contributed by atoms with Crippen molar-refractivity contribution in [3.05, 3.63) is 0 Å². The third-order valence-electron chi connectivity index (χ3n) is 2.13. The summed E-state index contributed by atoms with van der Waals surface area (Å²) in [7, 11) is 0. The van der Waals surface area contributed by atoms with Crippen LogP contribution in [0.5, 0.6) is 0 Å². The number of hydrogen-bond acceptors (Lipinski definition) is 3. The average Bonchev–Trinajstić information content (AvgIpc) is 2.04. The quantitative estimate of drug-likeness (QED) is 0.356. The van der Waals surface area contributed by atoms with Crippen LogP contribution in [0.2, 0.25) is 0 Å². The Labute approximate surface area is 88.3 Å². The predicted octanol–water partition coefficient (Wildman–Crippen LogP) is 1.82. The molecule has 0 atom stereocenters. The molecule has 0 bridgehead atoms. The maximum atomic E-state index is 7.06. The van der Waals surface area contributed by atoms with Gasteiger partial charge in [-0.1, -0.05) is 31.5 Å². The van der Waals surface area contributed by atoms with Gasteiger partial charge in [0.05, 0.1) is 0 Å². The van der Waals surface area contributed by atoms with Gasteiger partial charge < -0.3 is 11.1 Å². The van der Waals surface area contributed by atoms with E-state index in [1.807, 2.05) is 0 Å². The van der Waals surface area contributed by atoms with Crippen LogP contribution in [-0.2, 0) is 0 Å². The molecule has 0 heterocycles. The van der Waals surface area contributed by atoms with Crippen LogP contribution in [0.4, 0.5) is 0 Å². The average molecular weight is 217 g/mol. The van der Waals surface area contributed by atoms with Crippen molar-refractivity contribution in [1.82, 2.24) is 5.32 Å². The van der Waals surface area contributed by atoms with Gasteiger partial charge in [-0.2, -0.15) is 0 Å². The molecule has 0 unspecified atom stereocenters. The molecule has 1 rings (SSSR count). The minimum absolute atomic E-state index is 0.0632. The van der Waals surface area contributed by atoms with E-state index in [-0.39, 0.29) is 5.17 Å². The zero-order valence-electron chi connectivity index (χ0n) is 7.51. The van der Waals surface area contributed by atoms with E-state index in [0.717, 1.165) is 11.8 Å². The zero-order valence-corrected chi connectivity index (χ0v) is 9.14. The van der Waals surface area contributed by atoms with Crippen molar-refractivity contribution in [3.8, 4) is 0 Å². The van der Waals surface area contributed by atoms with E-state index in [0.29, 0.717) is 10.4 Å². The molecule has 1 fully saturated rings. The minimum Gasteiger partial charge on any atom is -0.378 e. The van der Waals surface area contributed by atoms with Gasteiger partial charge in [-0.3, -0.25) is 5.41 Å². The molecule has 1 aliphatic rings. The van der Waals surface area contributed by atoms with Crippen LogP contribution in [-0.4, -0.2) is 15.5 Å². The summed E-state index contributed by atoms with van der Waals surface area (Å²) < 4.78 is 0.638. The fourth-order valence-corrected chi connectivity index (χ4v) is 2.40. The highest BCUT2D eigenvalue weighted by Gasteiger charge is 2.14. The number of thiocarbonyl (C=S) groups is 1. The first-order valence-electron chi connectivity index (χ1n) is 4.51. The predicted molar refractivity (Wildman–Crippen MR) is 62.1 cm³/mol. The summed E-state index contributed by atoms with van der Waals surface area (Å²) in [4.78, 5) is 0. The fraction of sp³-hybridized carbons (Fsp3) is 0.750. The second kappa shape index (κ2) is 5.44. The number of rotatable bonds is 1. The first kappa shape index (κ1) is 10.8. The van der Waals surface area contributed by atoms with Gasteiger partial charge in [0.1, 0.15) is 4.32 Å². The lowest BCUT2D eigenvalue weighted by Crippen LogP contribution is -2.34. The van der Waals surface area contributed by atoms with Crippen molar-refractivity contribution < 1.29 is 0 Å². The Morgan fingerprint density at radius 1 is 1.38 bits per heavy atom. The molecular weight excluding hydrogens is 202 g/mol. The largest absolute Gasteiger partial charge is 0.378 e. The third kappa shape index (κ3) is 4.47. The highest BCUT2D eigenvalue weighted by molar-refractivity contribution is 8.32. The molecule has 0 aromatic carbocycles. The summed E-state index contributed by atoms with van der Waals surface area (Å²) in [5.74, 6) is 0. The summed E-state index contributed by atoms with van der Waals surface area (Å²) in [5.41, 5.74) is 5.22. The second-order valence-corrected chi connectivity index (χ2v) is 4.95. The van der Waals surface area contributed by atoms with E-state index in [1.54, 1.807) is 0 Å². The van der Waals surface area contributed by atoms with Crippen molar-refractivity contribution in [3.63, 3.8) is 0 Å². The Morgan fingerprint density at radius 3 is 2.54 bits per heavy atom. The van der Waals surface area contributed by atoms with Crippen molar-refractivity contribution in [2.75, 3.05) is 0 Å². The second-order valence-electron chi connectivity index (χ2n) is 3.23. The highest BCUT2D eigenvalue weighted by atomic mass is 32.2. The van der Waals surface area contributed by atoms with Gasteiger partial charge in [0, 0.05) is 6.04 Å².